The maximum atomic E-state index is 9.67. The fraction of sp³-hybridized carbons (Fsp3) is 0.333. The summed E-state index contributed by atoms with van der Waals surface area (Å²) >= 11 is 0. The van der Waals surface area contributed by atoms with Crippen LogP contribution in [0.2, 0.25) is 0 Å². The molecule has 0 bridgehead atoms. The van der Waals surface area contributed by atoms with Crippen molar-refractivity contribution in [1.29, 1.82) is 0 Å². The van der Waals surface area contributed by atoms with E-state index < -0.39 is 6.68 Å². The molecular formula is C9H12BrF3Mg. The summed E-state index contributed by atoms with van der Waals surface area (Å²) in [5, 5.41) is 0. The van der Waals surface area contributed by atoms with Crippen LogP contribution in [0.5, 0.6) is 0 Å². The minimum absolute atomic E-state index is 0. The summed E-state index contributed by atoms with van der Waals surface area (Å²) in [5.74, 6) is 0. The van der Waals surface area contributed by atoms with Gasteiger partial charge in [-0.3, -0.25) is 0 Å². The van der Waals surface area contributed by atoms with E-state index >= 15 is 0 Å². The SMILES string of the molecule is CC.FC(F)F.[Br-].[Mg+2].[c-]1ccccc1. The molecule has 0 aliphatic rings. The molecule has 78 valence electrons. The summed E-state index contributed by atoms with van der Waals surface area (Å²) in [7, 11) is 0. The van der Waals surface area contributed by atoms with Crippen LogP contribution in [0.1, 0.15) is 13.8 Å². The molecule has 0 spiro atoms. The molecule has 1 aromatic carbocycles. The molecule has 0 radical (unpaired) electrons. The molecular weight excluding hydrogens is 269 g/mol. The molecule has 0 aliphatic heterocycles. The van der Waals surface area contributed by atoms with Crippen molar-refractivity contribution in [3.05, 3.63) is 36.4 Å². The predicted molar refractivity (Wildman–Crippen MR) is 49.5 cm³/mol. The van der Waals surface area contributed by atoms with Crippen molar-refractivity contribution in [2.24, 2.45) is 0 Å². The number of rotatable bonds is 0. The van der Waals surface area contributed by atoms with Crippen molar-refractivity contribution in [2.45, 2.75) is 20.5 Å². The quantitative estimate of drug-likeness (QED) is 0.474. The van der Waals surface area contributed by atoms with Crippen LogP contribution in [-0.2, 0) is 0 Å². The molecule has 14 heavy (non-hydrogen) atoms. The Labute approximate surface area is 110 Å². The molecule has 0 aromatic heterocycles. The van der Waals surface area contributed by atoms with Gasteiger partial charge in [-0.05, 0) is 0 Å². The average molecular weight is 281 g/mol. The van der Waals surface area contributed by atoms with E-state index in [9.17, 15) is 13.2 Å². The summed E-state index contributed by atoms with van der Waals surface area (Å²) in [4.78, 5) is 0. The minimum Gasteiger partial charge on any atom is -1.00 e. The van der Waals surface area contributed by atoms with Gasteiger partial charge in [0.15, 0.2) is 0 Å². The largest absolute Gasteiger partial charge is 2.00 e. The van der Waals surface area contributed by atoms with Gasteiger partial charge in [-0.2, -0.15) is 49.6 Å². The summed E-state index contributed by atoms with van der Waals surface area (Å²) < 4.78 is 29.0. The Balaban J connectivity index is -0.0000000567. The zero-order chi connectivity index (χ0) is 9.82. The van der Waals surface area contributed by atoms with Crippen LogP contribution < -0.4 is 17.0 Å². The third-order valence-electron chi connectivity index (χ3n) is 0.607. The third kappa shape index (κ3) is 39.7. The van der Waals surface area contributed by atoms with Crippen LogP contribution in [0.3, 0.4) is 0 Å². The van der Waals surface area contributed by atoms with Gasteiger partial charge in [0.05, 0.1) is 0 Å². The topological polar surface area (TPSA) is 0 Å². The molecule has 0 unspecified atom stereocenters. The van der Waals surface area contributed by atoms with E-state index in [0.717, 1.165) is 0 Å². The van der Waals surface area contributed by atoms with Gasteiger partial charge in [0.25, 0.3) is 0 Å². The molecule has 0 saturated heterocycles. The van der Waals surface area contributed by atoms with E-state index in [1.807, 2.05) is 44.2 Å². The molecule has 1 aromatic rings. The second kappa shape index (κ2) is 23.2. The van der Waals surface area contributed by atoms with Gasteiger partial charge >= 0.3 is 29.7 Å². The molecule has 0 saturated carbocycles. The first kappa shape index (κ1) is 23.8. The van der Waals surface area contributed by atoms with Crippen molar-refractivity contribution in [3.8, 4) is 0 Å². The maximum absolute atomic E-state index is 9.67. The Hall–Kier alpha value is 0.256. The van der Waals surface area contributed by atoms with Gasteiger partial charge in [-0.1, -0.05) is 13.8 Å². The first-order chi connectivity index (χ1) is 5.73. The number of alkyl halides is 3. The zero-order valence-corrected chi connectivity index (χ0v) is 11.2. The molecule has 0 nitrogen and oxygen atoms in total. The smallest absolute Gasteiger partial charge is 1.00 e. The van der Waals surface area contributed by atoms with Crippen molar-refractivity contribution >= 4 is 23.1 Å². The Bertz CT molecular complexity index is 121. The number of halogens is 4. The Morgan fingerprint density at radius 3 is 1.29 bits per heavy atom. The van der Waals surface area contributed by atoms with Gasteiger partial charge in [0.2, 0.25) is 0 Å². The molecule has 1 rings (SSSR count). The molecule has 0 heterocycles. The summed E-state index contributed by atoms with van der Waals surface area (Å²) in [6.07, 6.45) is 0. The Morgan fingerprint density at radius 2 is 1.21 bits per heavy atom. The normalized spacial score (nSPS) is 6.43. The van der Waals surface area contributed by atoms with E-state index in [1.165, 1.54) is 0 Å². The van der Waals surface area contributed by atoms with Crippen LogP contribution in [0.25, 0.3) is 0 Å². The molecule has 0 fully saturated rings. The van der Waals surface area contributed by atoms with Crippen molar-refractivity contribution in [3.63, 3.8) is 0 Å². The molecule has 0 aliphatic carbocycles. The van der Waals surface area contributed by atoms with E-state index in [4.69, 9.17) is 0 Å². The number of benzene rings is 1. The van der Waals surface area contributed by atoms with Crippen LogP contribution in [0, 0.1) is 6.07 Å². The van der Waals surface area contributed by atoms with E-state index in [-0.39, 0.29) is 40.0 Å². The Kier molecular flexibility index (Phi) is 39.5. The van der Waals surface area contributed by atoms with Crippen molar-refractivity contribution in [1.82, 2.24) is 0 Å². The van der Waals surface area contributed by atoms with E-state index in [2.05, 4.69) is 6.07 Å². The van der Waals surface area contributed by atoms with Crippen LogP contribution in [0.4, 0.5) is 13.2 Å². The minimum atomic E-state index is -3.67. The molecule has 5 heteroatoms. The van der Waals surface area contributed by atoms with Crippen LogP contribution in [0.15, 0.2) is 30.3 Å². The van der Waals surface area contributed by atoms with Gasteiger partial charge in [0.1, 0.15) is 0 Å². The van der Waals surface area contributed by atoms with E-state index in [0.29, 0.717) is 0 Å². The van der Waals surface area contributed by atoms with Gasteiger partial charge in [-0.25, -0.2) is 0 Å². The van der Waals surface area contributed by atoms with Crippen LogP contribution >= 0.6 is 0 Å². The maximum Gasteiger partial charge on any atom is 2.00 e. The first-order valence-corrected chi connectivity index (χ1v) is 3.57. The monoisotopic (exact) mass is 280 g/mol. The fourth-order valence-corrected chi connectivity index (χ4v) is 0.342. The summed E-state index contributed by atoms with van der Waals surface area (Å²) in [5.41, 5.74) is 0. The number of hydrogen-bond acceptors (Lipinski definition) is 0. The molecule has 0 N–H and O–H groups in total. The summed E-state index contributed by atoms with van der Waals surface area (Å²) in [6, 6.07) is 12.5. The van der Waals surface area contributed by atoms with Crippen LogP contribution in [-0.4, -0.2) is 29.7 Å². The van der Waals surface area contributed by atoms with Crippen molar-refractivity contribution < 1.29 is 30.2 Å². The second-order valence-electron chi connectivity index (χ2n) is 1.32. The average Bonchev–Trinajstić information content (AvgIpc) is 2.10. The van der Waals surface area contributed by atoms with Gasteiger partial charge < -0.3 is 17.0 Å². The van der Waals surface area contributed by atoms with Crippen molar-refractivity contribution in [2.75, 3.05) is 0 Å². The Morgan fingerprint density at radius 1 is 0.929 bits per heavy atom. The number of hydrogen-bond donors (Lipinski definition) is 0. The predicted octanol–water partition coefficient (Wildman–Crippen LogP) is 0.315. The molecule has 0 amide bonds. The molecule has 0 atom stereocenters. The van der Waals surface area contributed by atoms with Gasteiger partial charge in [0, 0.05) is 0 Å². The third-order valence-corrected chi connectivity index (χ3v) is 0.607. The standard InChI is InChI=1S/C6H5.C2H6.CHF3.BrH.Mg/c1-2-4-6-5-3-1;1-2;2-1(3)4;;/h1-5H;1-2H3;1H;1H;/q-1;;;;+2/p-1. The fourth-order valence-electron chi connectivity index (χ4n) is 0.342. The second-order valence-corrected chi connectivity index (χ2v) is 1.32. The summed E-state index contributed by atoms with van der Waals surface area (Å²) in [6.45, 7) is 0.333. The first-order valence-electron chi connectivity index (χ1n) is 3.57. The van der Waals surface area contributed by atoms with E-state index in [1.54, 1.807) is 0 Å². The van der Waals surface area contributed by atoms with Gasteiger partial charge in [-0.15, -0.1) is 0 Å². The zero-order valence-electron chi connectivity index (χ0n) is 8.18.